The summed E-state index contributed by atoms with van der Waals surface area (Å²) in [6.45, 7) is 5.84. The second-order valence-corrected chi connectivity index (χ2v) is 21.5. The first-order valence-electron chi connectivity index (χ1n) is 20.9. The molecule has 0 spiro atoms. The van der Waals surface area contributed by atoms with Crippen molar-refractivity contribution in [2.75, 3.05) is 37.1 Å². The molecule has 1 aromatic heterocycles. The number of aliphatic hydroxyl groups excluding tert-OH is 1. The number of pyridine rings is 1. The molecule has 4 heterocycles. The number of benzene rings is 2. The molecular weight excluding hydrogens is 935 g/mol. The topological polar surface area (TPSA) is 279 Å². The van der Waals surface area contributed by atoms with Crippen molar-refractivity contribution in [1.29, 1.82) is 0 Å². The maximum Gasteiger partial charge on any atom is 0.327 e. The van der Waals surface area contributed by atoms with Gasteiger partial charge in [-0.1, -0.05) is 42.5 Å². The summed E-state index contributed by atoms with van der Waals surface area (Å²) in [7, 11) is -10.5. The number of rotatable bonds is 19. The first kappa shape index (κ1) is 50.9. The quantitative estimate of drug-likeness (QED) is 0.0331. The molecule has 3 aromatic rings. The summed E-state index contributed by atoms with van der Waals surface area (Å²) >= 11 is 0. The van der Waals surface area contributed by atoms with Crippen molar-refractivity contribution < 1.29 is 72.6 Å². The number of carbonyl (C=O) groups excluding carboxylic acids is 3. The Morgan fingerprint density at radius 2 is 1.54 bits per heavy atom. The highest BCUT2D eigenvalue weighted by Crippen LogP contribution is 2.51. The van der Waals surface area contributed by atoms with Crippen LogP contribution in [0.15, 0.2) is 101 Å². The lowest BCUT2D eigenvalue weighted by atomic mass is 9.76. The fraction of sp³-hybridized carbons (Fsp3) is 0.386. The van der Waals surface area contributed by atoms with Gasteiger partial charge in [-0.15, -0.1) is 0 Å². The van der Waals surface area contributed by atoms with Gasteiger partial charge in [0.25, 0.3) is 48.1 Å². The monoisotopic (exact) mass is 986 g/mol. The molecule has 360 valence electrons. The molecule has 0 saturated carbocycles. The molecule has 0 aliphatic carbocycles. The number of allylic oxidation sites excluding steroid dienone is 6. The van der Waals surface area contributed by atoms with Crippen LogP contribution in [0, 0.1) is 0 Å². The van der Waals surface area contributed by atoms with Crippen molar-refractivity contribution in [3.63, 3.8) is 0 Å². The predicted molar refractivity (Wildman–Crippen MR) is 243 cm³/mol. The second-order valence-electron chi connectivity index (χ2n) is 16.9. The van der Waals surface area contributed by atoms with Gasteiger partial charge in [0.05, 0.1) is 46.6 Å². The largest absolute Gasteiger partial charge is 0.362 e. The number of anilines is 1. The fourth-order valence-electron chi connectivity index (χ4n) is 8.26. The molecule has 3 aliphatic rings. The number of carbonyl (C=O) groups is 3. The van der Waals surface area contributed by atoms with Crippen LogP contribution < -0.4 is 9.47 Å². The van der Waals surface area contributed by atoms with E-state index in [1.54, 1.807) is 76.4 Å². The van der Waals surface area contributed by atoms with E-state index in [4.69, 9.17) is 14.7 Å². The first-order valence-corrected chi connectivity index (χ1v) is 25.5. The molecule has 3 aliphatic heterocycles. The number of aliphatic imine (C=N–C) groups is 1. The van der Waals surface area contributed by atoms with E-state index in [0.29, 0.717) is 44.7 Å². The molecule has 2 atom stereocenters. The summed E-state index contributed by atoms with van der Waals surface area (Å²) < 4.78 is 102. The lowest BCUT2D eigenvalue weighted by molar-refractivity contribution is -0.684. The summed E-state index contributed by atoms with van der Waals surface area (Å²) in [4.78, 5) is 54.0. The van der Waals surface area contributed by atoms with Crippen LogP contribution in [0.3, 0.4) is 0 Å². The molecule has 6 rings (SSSR count). The molecule has 0 bridgehead atoms. The van der Waals surface area contributed by atoms with Crippen LogP contribution in [-0.2, 0) is 73.4 Å². The molecule has 2 aromatic carbocycles. The molecule has 23 heteroatoms. The number of hydrogen-bond acceptors (Lipinski definition) is 14. The summed E-state index contributed by atoms with van der Waals surface area (Å²) in [5, 5.41) is 12.3. The van der Waals surface area contributed by atoms with Gasteiger partial charge in [-0.25, -0.2) is 14.5 Å². The van der Waals surface area contributed by atoms with Gasteiger partial charge in [0.2, 0.25) is 6.29 Å². The molecule has 67 heavy (non-hydrogen) atoms. The van der Waals surface area contributed by atoms with Gasteiger partial charge >= 0.3 is 5.82 Å². The molecule has 4 N–H and O–H groups in total. The van der Waals surface area contributed by atoms with Crippen LogP contribution in [0.2, 0.25) is 0 Å². The van der Waals surface area contributed by atoms with Crippen LogP contribution in [0.1, 0.15) is 85.4 Å². The summed E-state index contributed by atoms with van der Waals surface area (Å²) in [5.41, 5.74) is 2.19. The zero-order chi connectivity index (χ0) is 49.3. The minimum absolute atomic E-state index is 0.0235. The van der Waals surface area contributed by atoms with Crippen molar-refractivity contribution in [3.8, 4) is 0 Å². The average molecular weight is 987 g/mol. The molecule has 20 nitrogen and oxygen atoms in total. The van der Waals surface area contributed by atoms with Crippen LogP contribution in [0.5, 0.6) is 0 Å². The predicted octanol–water partition coefficient (Wildman–Crippen LogP) is 3.86. The van der Waals surface area contributed by atoms with Crippen LogP contribution >= 0.6 is 0 Å². The maximum absolute atomic E-state index is 13.2. The van der Waals surface area contributed by atoms with Gasteiger partial charge < -0.3 is 10.0 Å². The van der Waals surface area contributed by atoms with Crippen molar-refractivity contribution in [2.24, 2.45) is 4.99 Å². The van der Waals surface area contributed by atoms with Gasteiger partial charge in [-0.2, -0.15) is 30.3 Å². The molecule has 3 amide bonds. The number of fused-ring (bicyclic) bond motifs is 2. The Kier molecular flexibility index (Phi) is 14.9. The third kappa shape index (κ3) is 11.6. The standard InChI is InChI=1S/C44H51N5O15S3/c1-43(2)34-25-31(41(52)46(4)63-5)28-47(21-9-23-65(54,55)56)40(34)45-36(43)11-7-6-8-12-37-44(3,27-29-13-15-30(16-14-29)42(53)64-49-38(50)19-20-39(49)51)33-26-32(67(60,61)62)17-18-35(33)48(37)22-10-24-66(57,58)59/h6-8,11-18,25-26,28,42,53H,9-10,19-24,27H2,1-5H3,(H2-,54,55,56,57,58,59,60,61,62)/p+1. The van der Waals surface area contributed by atoms with Gasteiger partial charge in [-0.05, 0) is 86.1 Å². The van der Waals surface area contributed by atoms with Crippen molar-refractivity contribution in [2.45, 2.75) is 81.4 Å². The number of aromatic nitrogens is 1. The number of imide groups is 1. The minimum atomic E-state index is -4.68. The average Bonchev–Trinajstić information content (AvgIpc) is 3.79. The molecule has 0 radical (unpaired) electrons. The summed E-state index contributed by atoms with van der Waals surface area (Å²) in [5.74, 6) is -2.20. The number of nitrogens with zero attached hydrogens (tertiary/aromatic N) is 5. The third-order valence-corrected chi connectivity index (χ3v) is 14.3. The normalized spacial score (nSPS) is 19.5. The number of hydrogen-bond donors (Lipinski definition) is 4. The van der Waals surface area contributed by atoms with E-state index >= 15 is 0 Å². The molecule has 1 fully saturated rings. The lowest BCUT2D eigenvalue weighted by Crippen LogP contribution is -2.38. The number of amides is 3. The van der Waals surface area contributed by atoms with Gasteiger partial charge in [-0.3, -0.25) is 32.9 Å². The van der Waals surface area contributed by atoms with E-state index in [-0.39, 0.29) is 61.2 Å². The molecular formula is C44H52N5O15S3+. The smallest absolute Gasteiger partial charge is 0.327 e. The number of aliphatic hydroxyl groups is 1. The van der Waals surface area contributed by atoms with E-state index in [1.807, 2.05) is 20.8 Å². The third-order valence-electron chi connectivity index (χ3n) is 11.8. The summed E-state index contributed by atoms with van der Waals surface area (Å²) in [6, 6.07) is 12.2. The Morgan fingerprint density at radius 3 is 2.15 bits per heavy atom. The molecule has 1 saturated heterocycles. The number of hydroxylamine groups is 4. The zero-order valence-electron chi connectivity index (χ0n) is 37.3. The van der Waals surface area contributed by atoms with Gasteiger partial charge in [0, 0.05) is 55.2 Å². The SMILES string of the molecule is CON(C)C(=O)c1cc2c([n+](CCCS(=O)(=O)O)c1)N=C(/C=C/C=C/C=C1/N(CCCS(=O)(=O)O)c3ccc(S(=O)(=O)O)cc3C1(C)Cc1ccc(C(O)ON3C(=O)CCC3=O)cc1)C2(C)C. The zero-order valence-corrected chi connectivity index (χ0v) is 39.7. The van der Waals surface area contributed by atoms with Crippen molar-refractivity contribution >= 4 is 65.3 Å². The van der Waals surface area contributed by atoms with E-state index < -0.39 is 76.7 Å². The van der Waals surface area contributed by atoms with Crippen molar-refractivity contribution in [3.05, 3.63) is 119 Å². The van der Waals surface area contributed by atoms with Crippen LogP contribution in [0.25, 0.3) is 0 Å². The van der Waals surface area contributed by atoms with Crippen molar-refractivity contribution in [1.82, 2.24) is 10.1 Å². The Balaban J connectivity index is 1.35. The second kappa shape index (κ2) is 19.6. The first-order chi connectivity index (χ1) is 31.2. The lowest BCUT2D eigenvalue weighted by Gasteiger charge is -2.31. The highest BCUT2D eigenvalue weighted by Gasteiger charge is 2.45. The van der Waals surface area contributed by atoms with E-state index in [0.717, 1.165) is 5.06 Å². The minimum Gasteiger partial charge on any atom is -0.362 e. The fourth-order valence-corrected chi connectivity index (χ4v) is 9.75. The molecule has 2 unspecified atom stereocenters. The van der Waals surface area contributed by atoms with E-state index in [2.05, 4.69) is 0 Å². The number of aryl methyl sites for hydroxylation is 1. The van der Waals surface area contributed by atoms with Gasteiger partial charge in [0.15, 0.2) is 5.71 Å². The Morgan fingerprint density at radius 1 is 0.896 bits per heavy atom. The Bertz CT molecular complexity index is 2920. The Hall–Kier alpha value is -5.50. The van der Waals surface area contributed by atoms with Gasteiger partial charge in [0.1, 0.15) is 6.20 Å². The highest BCUT2D eigenvalue weighted by molar-refractivity contribution is 7.86. The maximum atomic E-state index is 13.2. The highest BCUT2D eigenvalue weighted by atomic mass is 32.2. The Labute approximate surface area is 388 Å². The van der Waals surface area contributed by atoms with Crippen LogP contribution in [-0.4, -0.2) is 110 Å². The van der Waals surface area contributed by atoms with Crippen LogP contribution in [0.4, 0.5) is 11.5 Å². The summed E-state index contributed by atoms with van der Waals surface area (Å²) in [6.07, 6.45) is 8.72. The van der Waals surface area contributed by atoms with E-state index in [1.165, 1.54) is 32.4 Å². The van der Waals surface area contributed by atoms with E-state index in [9.17, 15) is 58.4 Å².